The Balaban J connectivity index is 1.10. The van der Waals surface area contributed by atoms with Gasteiger partial charge >= 0.3 is 0 Å². The second kappa shape index (κ2) is 23.1. The van der Waals surface area contributed by atoms with Crippen LogP contribution >= 0.6 is 0 Å². The summed E-state index contributed by atoms with van der Waals surface area (Å²) in [5.74, 6) is 0. The molecule has 2 nitrogen and oxygen atoms in total. The van der Waals surface area contributed by atoms with Gasteiger partial charge in [0.15, 0.2) is 0 Å². The van der Waals surface area contributed by atoms with Crippen LogP contribution in [0.1, 0.15) is 79.0 Å². The largest absolute Gasteiger partial charge is 0.310 e. The van der Waals surface area contributed by atoms with Gasteiger partial charge in [-0.15, -0.1) is 0 Å². The van der Waals surface area contributed by atoms with E-state index in [2.05, 4.69) is 375 Å². The number of hydrogen-bond acceptors (Lipinski definition) is 2. The summed E-state index contributed by atoms with van der Waals surface area (Å²) in [7, 11) is 0. The zero-order valence-electron chi connectivity index (χ0n) is 55.8. The van der Waals surface area contributed by atoms with Crippen molar-refractivity contribution >= 4 is 78.8 Å². The van der Waals surface area contributed by atoms with E-state index in [0.29, 0.717) is 0 Å². The van der Waals surface area contributed by atoms with Crippen LogP contribution in [0.25, 0.3) is 99.4 Å². The minimum atomic E-state index is -0.294. The van der Waals surface area contributed by atoms with Crippen LogP contribution in [0.15, 0.2) is 303 Å². The Morgan fingerprint density at radius 2 is 0.547 bits per heavy atom. The van der Waals surface area contributed by atoms with Gasteiger partial charge in [0, 0.05) is 45.0 Å². The lowest BCUT2D eigenvalue weighted by molar-refractivity contribution is 0.590. The van der Waals surface area contributed by atoms with E-state index in [1.54, 1.807) is 0 Å². The highest BCUT2D eigenvalue weighted by Gasteiger charge is 2.46. The summed E-state index contributed by atoms with van der Waals surface area (Å²) in [5, 5.41) is 4.91. The van der Waals surface area contributed by atoms with E-state index < -0.39 is 0 Å². The molecule has 0 amide bonds. The Morgan fingerprint density at radius 3 is 0.926 bits per heavy atom. The van der Waals surface area contributed by atoms with Crippen molar-refractivity contribution < 1.29 is 0 Å². The van der Waals surface area contributed by atoms with E-state index in [1.807, 2.05) is 0 Å². The summed E-state index contributed by atoms with van der Waals surface area (Å²) < 4.78 is 0. The van der Waals surface area contributed by atoms with E-state index >= 15 is 0 Å². The van der Waals surface area contributed by atoms with Crippen molar-refractivity contribution in [2.45, 2.75) is 78.6 Å². The monoisotopic (exact) mass is 1220 g/mol. The van der Waals surface area contributed by atoms with E-state index in [4.69, 9.17) is 0 Å². The molecule has 2 heterocycles. The lowest BCUT2D eigenvalue weighted by Crippen LogP contribution is -2.61. The summed E-state index contributed by atoms with van der Waals surface area (Å²) >= 11 is 0. The minimum absolute atomic E-state index is 0.159. The predicted molar refractivity (Wildman–Crippen MR) is 410 cm³/mol. The van der Waals surface area contributed by atoms with Gasteiger partial charge in [-0.3, -0.25) is 0 Å². The van der Waals surface area contributed by atoms with E-state index in [9.17, 15) is 0 Å². The van der Waals surface area contributed by atoms with Gasteiger partial charge in [-0.25, -0.2) is 0 Å². The van der Waals surface area contributed by atoms with E-state index in [0.717, 1.165) is 17.1 Å². The van der Waals surface area contributed by atoms with Crippen LogP contribution in [-0.4, -0.2) is 6.71 Å². The number of fused-ring (bicyclic) bond motifs is 6. The van der Waals surface area contributed by atoms with Crippen LogP contribution in [0.3, 0.4) is 0 Å². The molecule has 0 N–H and O–H groups in total. The van der Waals surface area contributed by atoms with Crippen LogP contribution in [-0.2, 0) is 16.2 Å². The fraction of sp³-hybridized carbons (Fsp3) is 0.130. The Bertz CT molecular complexity index is 5090. The Labute approximate surface area is 561 Å². The van der Waals surface area contributed by atoms with Gasteiger partial charge in [0.2, 0.25) is 0 Å². The molecule has 0 fully saturated rings. The first kappa shape index (κ1) is 59.3. The molecule has 0 saturated heterocycles. The van der Waals surface area contributed by atoms with E-state index in [1.165, 1.54) is 150 Å². The van der Waals surface area contributed by atoms with Crippen LogP contribution in [0.4, 0.5) is 34.1 Å². The molecule has 2 aliphatic rings. The van der Waals surface area contributed by atoms with Gasteiger partial charge in [-0.2, -0.15) is 0 Å². The normalized spacial score (nSPS) is 12.8. The van der Waals surface area contributed by atoms with Gasteiger partial charge in [-0.1, -0.05) is 317 Å². The Hall–Kier alpha value is -10.7. The minimum Gasteiger partial charge on any atom is -0.310 e. The fourth-order valence-corrected chi connectivity index (χ4v) is 15.2. The average Bonchev–Trinajstić information content (AvgIpc) is 0.690. The van der Waals surface area contributed by atoms with Crippen LogP contribution in [0.5, 0.6) is 0 Å². The molecule has 2 aliphatic heterocycles. The molecule has 0 spiro atoms. The van der Waals surface area contributed by atoms with Crippen molar-refractivity contribution in [1.29, 1.82) is 0 Å². The maximum absolute atomic E-state index is 2.74. The molecule has 14 aromatic rings. The third-order valence-electron chi connectivity index (χ3n) is 20.1. The first-order valence-corrected chi connectivity index (χ1v) is 33.8. The maximum atomic E-state index is 2.74. The van der Waals surface area contributed by atoms with Gasteiger partial charge in [-0.05, 0) is 175 Å². The molecule has 0 atom stereocenters. The molecular weight excluding hydrogens is 1140 g/mol. The average molecular weight is 1220 g/mol. The highest BCUT2D eigenvalue weighted by molar-refractivity contribution is 7.00. The summed E-state index contributed by atoms with van der Waals surface area (Å²) in [5.41, 5.74) is 30.6. The number of hydrogen-bond donors (Lipinski definition) is 0. The fourth-order valence-electron chi connectivity index (χ4n) is 15.2. The molecule has 16 rings (SSSR count). The molecular formula is C92H77BN2. The number of anilines is 6. The molecule has 0 aromatic heterocycles. The first-order valence-electron chi connectivity index (χ1n) is 33.8. The summed E-state index contributed by atoms with van der Waals surface area (Å²) in [4.78, 5) is 5.45. The van der Waals surface area contributed by atoms with Crippen molar-refractivity contribution in [3.63, 3.8) is 0 Å². The maximum Gasteiger partial charge on any atom is 0.252 e. The lowest BCUT2D eigenvalue weighted by Gasteiger charge is -2.47. The molecule has 0 radical (unpaired) electrons. The molecule has 458 valence electrons. The van der Waals surface area contributed by atoms with Gasteiger partial charge in [0.25, 0.3) is 6.71 Å². The van der Waals surface area contributed by atoms with Crippen molar-refractivity contribution in [3.05, 3.63) is 320 Å². The Kier molecular flexibility index (Phi) is 14.4. The SMILES string of the molecule is CC(C)(C)c1cc(-c2ccccc2)c(N2c3ccc(-c4ccccc4)cc3B3c4ccc(-c5c6ccccc6c(-c6ccccc6)c6ccccc56)cc4N(c4c(-c5ccccc5)cc(C(C)(C)C)cc4-c4ccccc4)c4cc(C(C)(C)C)cc2c43)c(-c2ccccc2)c1. The summed E-state index contributed by atoms with van der Waals surface area (Å²) in [6.07, 6.45) is 0. The van der Waals surface area contributed by atoms with Crippen molar-refractivity contribution in [1.82, 2.24) is 0 Å². The quantitative estimate of drug-likeness (QED) is 0.105. The highest BCUT2D eigenvalue weighted by Crippen LogP contribution is 2.56. The number of benzene rings is 14. The molecule has 0 unspecified atom stereocenters. The summed E-state index contributed by atoms with van der Waals surface area (Å²) in [6, 6.07) is 115. The molecule has 95 heavy (non-hydrogen) atoms. The van der Waals surface area contributed by atoms with Gasteiger partial charge in [0.1, 0.15) is 0 Å². The van der Waals surface area contributed by atoms with E-state index in [-0.39, 0.29) is 23.0 Å². The predicted octanol–water partition coefficient (Wildman–Crippen LogP) is 23.6. The third-order valence-corrected chi connectivity index (χ3v) is 20.1. The van der Waals surface area contributed by atoms with Crippen LogP contribution in [0.2, 0.25) is 0 Å². The van der Waals surface area contributed by atoms with Crippen molar-refractivity contribution in [2.75, 3.05) is 9.80 Å². The first-order chi connectivity index (χ1) is 46.1. The van der Waals surface area contributed by atoms with Gasteiger partial charge < -0.3 is 9.80 Å². The standard InChI is InChI=1S/C92H77BN2/c1-90(2,3)68-54-75(61-34-18-11-19-35-61)88(76(55-68)62-36-20-12-21-37-62)94-81-51-49-66(60-32-16-10-17-33-60)52-80(81)93-79-50-48-67(86-73-46-30-28-44-71(73)85(65-42-26-15-27-43-65)72-45-29-31-47-74(72)86)53-82(79)95(84-59-70(92(7,8)9)58-83(94)87(84)93)89-77(63-38-22-13-23-39-63)56-69(91(4,5)6)57-78(89)64-40-24-14-25-41-64/h10-59H,1-9H3. The van der Waals surface area contributed by atoms with Crippen molar-refractivity contribution in [3.8, 4) is 77.9 Å². The smallest absolute Gasteiger partial charge is 0.252 e. The highest BCUT2D eigenvalue weighted by atomic mass is 15.2. The van der Waals surface area contributed by atoms with Gasteiger partial charge in [0.05, 0.1) is 11.4 Å². The zero-order valence-corrected chi connectivity index (χ0v) is 55.8. The molecule has 0 aliphatic carbocycles. The number of rotatable bonds is 9. The summed E-state index contributed by atoms with van der Waals surface area (Å²) in [6.45, 7) is 21.1. The van der Waals surface area contributed by atoms with Crippen LogP contribution < -0.4 is 26.2 Å². The zero-order chi connectivity index (χ0) is 64.9. The number of nitrogens with zero attached hydrogens (tertiary/aromatic N) is 2. The third kappa shape index (κ3) is 10.3. The topological polar surface area (TPSA) is 6.48 Å². The molecule has 0 bridgehead atoms. The Morgan fingerprint density at radius 1 is 0.232 bits per heavy atom. The lowest BCUT2D eigenvalue weighted by atomic mass is 9.33. The second-order valence-electron chi connectivity index (χ2n) is 29.2. The molecule has 3 heteroatoms. The molecule has 14 aromatic carbocycles. The van der Waals surface area contributed by atoms with Crippen molar-refractivity contribution in [2.24, 2.45) is 0 Å². The molecule has 0 saturated carbocycles. The van der Waals surface area contributed by atoms with Crippen LogP contribution in [0, 0.1) is 0 Å². The second-order valence-corrected chi connectivity index (χ2v) is 29.2.